The second-order valence-electron chi connectivity index (χ2n) is 9.35. The van der Waals surface area contributed by atoms with Crippen LogP contribution in [-0.4, -0.2) is 65.5 Å². The number of carboxylic acids is 1. The van der Waals surface area contributed by atoms with E-state index < -0.39 is 5.97 Å². The Balaban J connectivity index is 1.22. The fourth-order valence-electron chi connectivity index (χ4n) is 4.41. The number of carboxylic acid groups (broad SMARTS) is 1. The van der Waals surface area contributed by atoms with E-state index in [4.69, 9.17) is 4.98 Å². The highest BCUT2D eigenvalue weighted by Gasteiger charge is 2.29. The molecule has 0 spiro atoms. The number of nitrogens with zero attached hydrogens (tertiary/aromatic N) is 3. The largest absolute Gasteiger partial charge is 0.478 e. The van der Waals surface area contributed by atoms with E-state index in [1.807, 2.05) is 35.2 Å². The van der Waals surface area contributed by atoms with Crippen molar-refractivity contribution in [1.82, 2.24) is 15.2 Å². The molecule has 9 heteroatoms. The van der Waals surface area contributed by atoms with Crippen molar-refractivity contribution >= 4 is 40.2 Å². The Hall–Kier alpha value is -3.98. The normalized spacial score (nSPS) is 16.1. The van der Waals surface area contributed by atoms with E-state index in [1.165, 1.54) is 0 Å². The number of aromatic nitrogens is 1. The number of rotatable bonds is 8. The third-order valence-corrected chi connectivity index (χ3v) is 6.64. The average molecular weight is 488 g/mol. The number of fused-ring (bicyclic) bond motifs is 1. The van der Waals surface area contributed by atoms with Gasteiger partial charge in [-0.05, 0) is 42.7 Å². The number of nitrogens with one attached hydrogen (secondary N) is 2. The number of hydrogen-bond acceptors (Lipinski definition) is 6. The second kappa shape index (κ2) is 10.3. The number of anilines is 2. The zero-order valence-corrected chi connectivity index (χ0v) is 19.9. The zero-order chi connectivity index (χ0) is 25.1. The lowest BCUT2D eigenvalue weighted by Gasteiger charge is -2.35. The fraction of sp³-hybridized carbons (Fsp3) is 0.333. The van der Waals surface area contributed by atoms with Crippen molar-refractivity contribution in [3.8, 4) is 0 Å². The van der Waals surface area contributed by atoms with Crippen molar-refractivity contribution < 1.29 is 19.5 Å². The summed E-state index contributed by atoms with van der Waals surface area (Å²) in [6, 6.07) is 16.6. The van der Waals surface area contributed by atoms with Crippen LogP contribution in [0.1, 0.15) is 28.8 Å². The van der Waals surface area contributed by atoms with Gasteiger partial charge in [0.1, 0.15) is 5.82 Å². The summed E-state index contributed by atoms with van der Waals surface area (Å²) < 4.78 is 0. The summed E-state index contributed by atoms with van der Waals surface area (Å²) in [4.78, 5) is 45.4. The van der Waals surface area contributed by atoms with Crippen LogP contribution in [-0.2, 0) is 16.1 Å². The van der Waals surface area contributed by atoms with Gasteiger partial charge < -0.3 is 20.6 Å². The predicted octanol–water partition coefficient (Wildman–Crippen LogP) is 2.72. The van der Waals surface area contributed by atoms with Gasteiger partial charge in [-0.25, -0.2) is 9.78 Å². The molecule has 9 nitrogen and oxygen atoms in total. The lowest BCUT2D eigenvalue weighted by atomic mass is 10.1. The SMILES string of the molecule is O=C(CN1CCN(c2cc(C(=O)O)c3cc(NC(=O)C4CC4)ccc3n2)CC1)NCc1ccccc1. The Morgan fingerprint density at radius 1 is 0.972 bits per heavy atom. The van der Waals surface area contributed by atoms with Crippen molar-refractivity contribution in [2.24, 2.45) is 5.92 Å². The van der Waals surface area contributed by atoms with Crippen LogP contribution in [0.5, 0.6) is 0 Å². The van der Waals surface area contributed by atoms with Gasteiger partial charge in [0.25, 0.3) is 0 Å². The van der Waals surface area contributed by atoms with Gasteiger partial charge in [-0.2, -0.15) is 0 Å². The standard InChI is InChI=1S/C27H29N5O4/c33-25(28-16-18-4-2-1-3-5-18)17-31-10-12-32(13-11-31)24-15-22(27(35)36)21-14-20(8-9-23(21)30-24)29-26(34)19-6-7-19/h1-5,8-9,14-15,19H,6-7,10-13,16-17H2,(H,28,33)(H,29,34)(H,35,36). The van der Waals surface area contributed by atoms with Crippen LogP contribution in [0, 0.1) is 5.92 Å². The molecule has 2 aliphatic rings. The molecule has 0 bridgehead atoms. The molecule has 3 aromatic rings. The van der Waals surface area contributed by atoms with E-state index >= 15 is 0 Å². The molecule has 1 saturated heterocycles. The Morgan fingerprint density at radius 2 is 1.72 bits per heavy atom. The predicted molar refractivity (Wildman–Crippen MR) is 137 cm³/mol. The minimum absolute atomic E-state index is 0.0196. The average Bonchev–Trinajstić information content (AvgIpc) is 3.74. The number of amides is 2. The van der Waals surface area contributed by atoms with E-state index in [0.717, 1.165) is 18.4 Å². The summed E-state index contributed by atoms with van der Waals surface area (Å²) in [6.07, 6.45) is 1.80. The van der Waals surface area contributed by atoms with Crippen LogP contribution in [0.2, 0.25) is 0 Å². The molecule has 2 fully saturated rings. The molecular formula is C27H29N5O4. The Labute approximate surface area is 209 Å². The van der Waals surface area contributed by atoms with Crippen molar-refractivity contribution in [2.75, 3.05) is 42.9 Å². The Morgan fingerprint density at radius 3 is 2.42 bits per heavy atom. The maximum atomic E-state index is 12.4. The van der Waals surface area contributed by atoms with E-state index in [0.29, 0.717) is 61.7 Å². The maximum Gasteiger partial charge on any atom is 0.336 e. The fourth-order valence-corrected chi connectivity index (χ4v) is 4.41. The molecule has 0 unspecified atom stereocenters. The second-order valence-corrected chi connectivity index (χ2v) is 9.35. The van der Waals surface area contributed by atoms with Crippen LogP contribution in [0.3, 0.4) is 0 Å². The number of piperazine rings is 1. The van der Waals surface area contributed by atoms with E-state index in [2.05, 4.69) is 15.5 Å². The summed E-state index contributed by atoms with van der Waals surface area (Å²) >= 11 is 0. The number of benzene rings is 2. The van der Waals surface area contributed by atoms with E-state index in [9.17, 15) is 19.5 Å². The monoisotopic (exact) mass is 487 g/mol. The first-order valence-electron chi connectivity index (χ1n) is 12.2. The van der Waals surface area contributed by atoms with Gasteiger partial charge in [-0.15, -0.1) is 0 Å². The summed E-state index contributed by atoms with van der Waals surface area (Å²) in [7, 11) is 0. The number of carbonyl (C=O) groups is 3. The lowest BCUT2D eigenvalue weighted by molar-refractivity contribution is -0.122. The molecule has 2 aromatic carbocycles. The molecule has 1 aromatic heterocycles. The Kier molecular flexibility index (Phi) is 6.81. The first-order valence-corrected chi connectivity index (χ1v) is 12.2. The first kappa shape index (κ1) is 23.7. The van der Waals surface area contributed by atoms with E-state index in [-0.39, 0.29) is 23.3 Å². The van der Waals surface area contributed by atoms with Crippen molar-refractivity contribution in [3.05, 3.63) is 65.7 Å². The quantitative estimate of drug-likeness (QED) is 0.448. The van der Waals surface area contributed by atoms with Gasteiger partial charge in [-0.3, -0.25) is 14.5 Å². The smallest absolute Gasteiger partial charge is 0.336 e. The molecule has 1 aliphatic carbocycles. The summed E-state index contributed by atoms with van der Waals surface area (Å²) in [5.74, 6) is -0.420. The Bertz CT molecular complexity index is 1280. The maximum absolute atomic E-state index is 12.4. The molecule has 2 heterocycles. The highest BCUT2D eigenvalue weighted by molar-refractivity contribution is 6.05. The summed E-state index contributed by atoms with van der Waals surface area (Å²) in [6.45, 7) is 3.45. The van der Waals surface area contributed by atoms with Gasteiger partial charge >= 0.3 is 5.97 Å². The number of pyridine rings is 1. The van der Waals surface area contributed by atoms with Crippen LogP contribution in [0.4, 0.5) is 11.5 Å². The van der Waals surface area contributed by atoms with Gasteiger partial charge in [-0.1, -0.05) is 30.3 Å². The van der Waals surface area contributed by atoms with Crippen molar-refractivity contribution in [2.45, 2.75) is 19.4 Å². The van der Waals surface area contributed by atoms with Gasteiger partial charge in [0, 0.05) is 49.7 Å². The first-order chi connectivity index (χ1) is 17.5. The highest BCUT2D eigenvalue weighted by atomic mass is 16.4. The van der Waals surface area contributed by atoms with Gasteiger partial charge in [0.2, 0.25) is 11.8 Å². The molecule has 3 N–H and O–H groups in total. The van der Waals surface area contributed by atoms with Crippen molar-refractivity contribution in [3.63, 3.8) is 0 Å². The molecular weight excluding hydrogens is 458 g/mol. The molecule has 0 atom stereocenters. The lowest BCUT2D eigenvalue weighted by Crippen LogP contribution is -2.49. The third-order valence-electron chi connectivity index (χ3n) is 6.64. The topological polar surface area (TPSA) is 115 Å². The van der Waals surface area contributed by atoms with Crippen LogP contribution in [0.25, 0.3) is 10.9 Å². The summed E-state index contributed by atoms with van der Waals surface area (Å²) in [5, 5.41) is 16.2. The molecule has 1 aliphatic heterocycles. The molecule has 1 saturated carbocycles. The molecule has 36 heavy (non-hydrogen) atoms. The molecule has 5 rings (SSSR count). The molecule has 2 amide bonds. The number of aromatic carboxylic acids is 1. The van der Waals surface area contributed by atoms with Crippen LogP contribution in [0.15, 0.2) is 54.6 Å². The van der Waals surface area contributed by atoms with Crippen LogP contribution < -0.4 is 15.5 Å². The zero-order valence-electron chi connectivity index (χ0n) is 19.9. The van der Waals surface area contributed by atoms with E-state index in [1.54, 1.807) is 24.3 Å². The number of hydrogen-bond donors (Lipinski definition) is 3. The minimum Gasteiger partial charge on any atom is -0.478 e. The van der Waals surface area contributed by atoms with Gasteiger partial charge in [0.05, 0.1) is 17.6 Å². The summed E-state index contributed by atoms with van der Waals surface area (Å²) in [5.41, 5.74) is 2.36. The highest BCUT2D eigenvalue weighted by Crippen LogP contribution is 2.31. The minimum atomic E-state index is -1.04. The molecule has 186 valence electrons. The van der Waals surface area contributed by atoms with Gasteiger partial charge in [0.15, 0.2) is 0 Å². The van der Waals surface area contributed by atoms with Crippen molar-refractivity contribution in [1.29, 1.82) is 0 Å². The van der Waals surface area contributed by atoms with Crippen LogP contribution >= 0.6 is 0 Å². The molecule has 0 radical (unpaired) electrons. The third kappa shape index (κ3) is 5.63. The number of carbonyl (C=O) groups excluding carboxylic acids is 2.